The lowest BCUT2D eigenvalue weighted by molar-refractivity contribution is 0.312. The predicted octanol–water partition coefficient (Wildman–Crippen LogP) is 2.58. The van der Waals surface area contributed by atoms with Crippen molar-refractivity contribution in [2.45, 2.75) is 18.9 Å². The minimum absolute atomic E-state index is 0.120. The van der Waals surface area contributed by atoms with Gasteiger partial charge in [-0.3, -0.25) is 0 Å². The standard InChI is InChI=1S/C14H17N3O/c1-11(12-7-3-2-4-8-12)13(14(15)16-18)17-9-5-6-10-17/h2-11,13,18H,1H3,(H2,15,16). The Hall–Kier alpha value is -2.23. The topological polar surface area (TPSA) is 63.5 Å². The number of benzene rings is 1. The van der Waals surface area contributed by atoms with Gasteiger partial charge in [0.1, 0.15) is 6.04 Å². The maximum Gasteiger partial charge on any atom is 0.162 e. The van der Waals surface area contributed by atoms with E-state index in [0.717, 1.165) is 5.56 Å². The Labute approximate surface area is 106 Å². The fraction of sp³-hybridized carbons (Fsp3) is 0.214. The Morgan fingerprint density at radius 1 is 1.17 bits per heavy atom. The molecule has 0 radical (unpaired) electrons. The van der Waals surface area contributed by atoms with Crippen LogP contribution in [0.25, 0.3) is 0 Å². The van der Waals surface area contributed by atoms with Crippen LogP contribution >= 0.6 is 0 Å². The molecule has 1 heterocycles. The maximum atomic E-state index is 8.95. The molecule has 0 fully saturated rings. The first-order chi connectivity index (χ1) is 8.74. The van der Waals surface area contributed by atoms with Gasteiger partial charge >= 0.3 is 0 Å². The van der Waals surface area contributed by atoms with Crippen molar-refractivity contribution in [1.82, 2.24) is 4.57 Å². The summed E-state index contributed by atoms with van der Waals surface area (Å²) in [6.07, 6.45) is 3.84. The Kier molecular flexibility index (Phi) is 3.67. The molecular formula is C14H17N3O. The van der Waals surface area contributed by atoms with Crippen LogP contribution in [-0.2, 0) is 0 Å². The molecule has 0 aliphatic rings. The summed E-state index contributed by atoms with van der Waals surface area (Å²) in [6.45, 7) is 2.07. The van der Waals surface area contributed by atoms with Crippen molar-refractivity contribution in [2.75, 3.05) is 0 Å². The van der Waals surface area contributed by atoms with Gasteiger partial charge < -0.3 is 15.5 Å². The number of aromatic nitrogens is 1. The predicted molar refractivity (Wildman–Crippen MR) is 71.7 cm³/mol. The van der Waals surface area contributed by atoms with E-state index in [4.69, 9.17) is 10.9 Å². The lowest BCUT2D eigenvalue weighted by Gasteiger charge is -2.24. The number of hydrogen-bond acceptors (Lipinski definition) is 2. The fourth-order valence-electron chi connectivity index (χ4n) is 2.20. The first kappa shape index (κ1) is 12.2. The number of nitrogens with two attached hydrogens (primary N) is 1. The van der Waals surface area contributed by atoms with Crippen LogP contribution in [0.1, 0.15) is 24.4 Å². The van der Waals surface area contributed by atoms with Crippen LogP contribution < -0.4 is 5.73 Å². The Balaban J connectivity index is 2.36. The molecule has 0 saturated heterocycles. The molecule has 3 N–H and O–H groups in total. The smallest absolute Gasteiger partial charge is 0.162 e. The summed E-state index contributed by atoms with van der Waals surface area (Å²) in [7, 11) is 0. The Morgan fingerprint density at radius 2 is 1.78 bits per heavy atom. The minimum atomic E-state index is -0.188. The van der Waals surface area contributed by atoms with Crippen molar-refractivity contribution in [3.05, 3.63) is 60.4 Å². The highest BCUT2D eigenvalue weighted by Gasteiger charge is 2.24. The summed E-state index contributed by atoms with van der Waals surface area (Å²) in [4.78, 5) is 0. The molecule has 2 rings (SSSR count). The minimum Gasteiger partial charge on any atom is -0.409 e. The first-order valence-corrected chi connectivity index (χ1v) is 5.89. The van der Waals surface area contributed by atoms with Crippen molar-refractivity contribution >= 4 is 5.84 Å². The van der Waals surface area contributed by atoms with Gasteiger partial charge in [-0.2, -0.15) is 0 Å². The molecule has 0 amide bonds. The molecule has 0 bridgehead atoms. The van der Waals surface area contributed by atoms with Crippen molar-refractivity contribution < 1.29 is 5.21 Å². The van der Waals surface area contributed by atoms with Crippen LogP contribution in [0, 0.1) is 0 Å². The summed E-state index contributed by atoms with van der Waals surface area (Å²) in [5, 5.41) is 12.1. The van der Waals surface area contributed by atoms with E-state index in [-0.39, 0.29) is 17.8 Å². The van der Waals surface area contributed by atoms with Gasteiger partial charge in [0.2, 0.25) is 0 Å². The molecule has 0 aliphatic carbocycles. The molecule has 4 heteroatoms. The second-order valence-corrected chi connectivity index (χ2v) is 4.30. The molecule has 1 aromatic carbocycles. The molecule has 0 spiro atoms. The second kappa shape index (κ2) is 5.40. The highest BCUT2D eigenvalue weighted by atomic mass is 16.4. The molecule has 18 heavy (non-hydrogen) atoms. The molecule has 2 unspecified atom stereocenters. The highest BCUT2D eigenvalue weighted by molar-refractivity contribution is 5.84. The molecular weight excluding hydrogens is 226 g/mol. The average Bonchev–Trinajstić information content (AvgIpc) is 2.93. The third-order valence-electron chi connectivity index (χ3n) is 3.17. The van der Waals surface area contributed by atoms with Crippen LogP contribution in [0.2, 0.25) is 0 Å². The number of nitrogens with zero attached hydrogens (tertiary/aromatic N) is 2. The average molecular weight is 243 g/mol. The van der Waals surface area contributed by atoms with E-state index in [9.17, 15) is 0 Å². The van der Waals surface area contributed by atoms with Crippen LogP contribution in [0.15, 0.2) is 60.0 Å². The lowest BCUT2D eigenvalue weighted by Crippen LogP contribution is -2.30. The van der Waals surface area contributed by atoms with E-state index in [1.807, 2.05) is 59.4 Å². The molecule has 4 nitrogen and oxygen atoms in total. The fourth-order valence-corrected chi connectivity index (χ4v) is 2.20. The molecule has 0 saturated carbocycles. The van der Waals surface area contributed by atoms with Gasteiger partial charge in [0, 0.05) is 18.3 Å². The molecule has 94 valence electrons. The maximum absolute atomic E-state index is 8.95. The SMILES string of the molecule is CC(c1ccccc1)C(/C(N)=N/O)n1cccc1. The van der Waals surface area contributed by atoms with Crippen molar-refractivity contribution in [3.63, 3.8) is 0 Å². The van der Waals surface area contributed by atoms with E-state index in [2.05, 4.69) is 12.1 Å². The van der Waals surface area contributed by atoms with Gasteiger partial charge in [-0.25, -0.2) is 0 Å². The van der Waals surface area contributed by atoms with Gasteiger partial charge in [0.15, 0.2) is 5.84 Å². The van der Waals surface area contributed by atoms with Gasteiger partial charge in [0.25, 0.3) is 0 Å². The van der Waals surface area contributed by atoms with Crippen LogP contribution in [-0.4, -0.2) is 15.6 Å². The highest BCUT2D eigenvalue weighted by Crippen LogP contribution is 2.28. The van der Waals surface area contributed by atoms with Crippen LogP contribution in [0.5, 0.6) is 0 Å². The van der Waals surface area contributed by atoms with E-state index in [1.54, 1.807) is 0 Å². The lowest BCUT2D eigenvalue weighted by atomic mass is 9.92. The van der Waals surface area contributed by atoms with E-state index in [1.165, 1.54) is 0 Å². The summed E-state index contributed by atoms with van der Waals surface area (Å²) >= 11 is 0. The van der Waals surface area contributed by atoms with E-state index < -0.39 is 0 Å². The van der Waals surface area contributed by atoms with Crippen LogP contribution in [0.3, 0.4) is 0 Å². The van der Waals surface area contributed by atoms with E-state index in [0.29, 0.717) is 0 Å². The monoisotopic (exact) mass is 243 g/mol. The number of hydrogen-bond donors (Lipinski definition) is 2. The number of oxime groups is 1. The summed E-state index contributed by atoms with van der Waals surface area (Å²) in [6, 6.07) is 13.7. The zero-order valence-corrected chi connectivity index (χ0v) is 10.3. The molecule has 1 aromatic heterocycles. The van der Waals surface area contributed by atoms with Crippen molar-refractivity contribution in [3.8, 4) is 0 Å². The molecule has 2 aromatic rings. The van der Waals surface area contributed by atoms with Crippen molar-refractivity contribution in [1.29, 1.82) is 0 Å². The van der Waals surface area contributed by atoms with Gasteiger partial charge in [-0.1, -0.05) is 42.4 Å². The van der Waals surface area contributed by atoms with Gasteiger partial charge in [0.05, 0.1) is 0 Å². The van der Waals surface area contributed by atoms with Gasteiger partial charge in [-0.05, 0) is 17.7 Å². The summed E-state index contributed by atoms with van der Waals surface area (Å²) in [5.74, 6) is 0.331. The quantitative estimate of drug-likeness (QED) is 0.375. The first-order valence-electron chi connectivity index (χ1n) is 5.89. The Bertz CT molecular complexity index is 505. The van der Waals surface area contributed by atoms with Crippen LogP contribution in [0.4, 0.5) is 0 Å². The normalized spacial score (nSPS) is 15.3. The third-order valence-corrected chi connectivity index (χ3v) is 3.17. The summed E-state index contributed by atoms with van der Waals surface area (Å²) in [5.41, 5.74) is 6.98. The zero-order chi connectivity index (χ0) is 13.0. The van der Waals surface area contributed by atoms with Gasteiger partial charge in [-0.15, -0.1) is 0 Å². The third kappa shape index (κ3) is 2.37. The molecule has 2 atom stereocenters. The van der Waals surface area contributed by atoms with E-state index >= 15 is 0 Å². The Morgan fingerprint density at radius 3 is 2.33 bits per heavy atom. The second-order valence-electron chi connectivity index (χ2n) is 4.30. The van der Waals surface area contributed by atoms with Crippen molar-refractivity contribution in [2.24, 2.45) is 10.9 Å². The molecule has 0 aliphatic heterocycles. The zero-order valence-electron chi connectivity index (χ0n) is 10.3. The largest absolute Gasteiger partial charge is 0.409 e. The number of rotatable bonds is 4. The summed E-state index contributed by atoms with van der Waals surface area (Å²) < 4.78 is 1.95. The number of amidine groups is 1.